The number of amides is 1. The largest absolute Gasteiger partial charge is 0.475 e. The van der Waals surface area contributed by atoms with E-state index in [1.165, 1.54) is 11.2 Å². The highest BCUT2D eigenvalue weighted by molar-refractivity contribution is 6.13. The quantitative estimate of drug-likeness (QED) is 0.849. The Bertz CT molecular complexity index is 893. The number of rotatable bonds is 1. The number of hydrogen-bond acceptors (Lipinski definition) is 7. The fraction of sp³-hybridized carbons (Fsp3) is 0.188. The zero-order valence-corrected chi connectivity index (χ0v) is 12.6. The van der Waals surface area contributed by atoms with E-state index in [9.17, 15) is 9.59 Å². The zero-order chi connectivity index (χ0) is 16.7. The Labute approximate surface area is 137 Å². The number of aliphatic imine (C=N–C) groups is 1. The van der Waals surface area contributed by atoms with E-state index in [-0.39, 0.29) is 42.0 Å². The molecule has 4 rings (SSSR count). The molecule has 2 aromatic rings. The molecule has 1 aromatic heterocycles. The second-order valence-electron chi connectivity index (χ2n) is 5.38. The minimum absolute atomic E-state index is 0.0244. The van der Waals surface area contributed by atoms with Gasteiger partial charge in [0.05, 0.1) is 12.2 Å². The highest BCUT2D eigenvalue weighted by atomic mass is 16.5. The Hall–Kier alpha value is -3.29. The van der Waals surface area contributed by atoms with Gasteiger partial charge in [-0.1, -0.05) is 0 Å². The molecule has 24 heavy (non-hydrogen) atoms. The number of carbonyl (C=O) groups is 2. The molecule has 0 atom stereocenters. The second-order valence-corrected chi connectivity index (χ2v) is 5.38. The number of nitrogens with two attached hydrogens (primary N) is 1. The van der Waals surface area contributed by atoms with Crippen molar-refractivity contribution in [3.8, 4) is 5.88 Å². The van der Waals surface area contributed by atoms with E-state index in [2.05, 4.69) is 15.0 Å². The van der Waals surface area contributed by atoms with Crippen molar-refractivity contribution >= 4 is 35.1 Å². The Morgan fingerprint density at radius 2 is 2.08 bits per heavy atom. The monoisotopic (exact) mass is 323 g/mol. The van der Waals surface area contributed by atoms with Crippen LogP contribution in [0.15, 0.2) is 29.5 Å². The van der Waals surface area contributed by atoms with Crippen LogP contribution >= 0.6 is 0 Å². The molecule has 0 saturated carbocycles. The van der Waals surface area contributed by atoms with Gasteiger partial charge in [-0.05, 0) is 18.2 Å². The van der Waals surface area contributed by atoms with Crippen LogP contribution in [0.1, 0.15) is 27.1 Å². The van der Waals surface area contributed by atoms with Crippen molar-refractivity contribution in [1.29, 1.82) is 0 Å². The number of anilines is 2. The van der Waals surface area contributed by atoms with Crippen molar-refractivity contribution in [1.82, 2.24) is 9.97 Å². The number of hydrogen-bond donors (Lipinski definition) is 1. The van der Waals surface area contributed by atoms with Gasteiger partial charge in [0.2, 0.25) is 5.88 Å². The molecule has 0 aliphatic carbocycles. The van der Waals surface area contributed by atoms with Crippen LogP contribution in [-0.2, 0) is 0 Å². The third-order valence-electron chi connectivity index (χ3n) is 3.95. The summed E-state index contributed by atoms with van der Waals surface area (Å²) < 4.78 is 5.50. The molecule has 0 bridgehead atoms. The van der Waals surface area contributed by atoms with E-state index in [1.54, 1.807) is 24.4 Å². The Balaban J connectivity index is 1.79. The molecule has 120 valence electrons. The highest BCUT2D eigenvalue weighted by Gasteiger charge is 2.29. The molecule has 2 aliphatic rings. The molecule has 0 fully saturated rings. The van der Waals surface area contributed by atoms with Crippen LogP contribution in [0.2, 0.25) is 0 Å². The minimum atomic E-state index is -0.354. The van der Waals surface area contributed by atoms with Crippen LogP contribution in [0.25, 0.3) is 0 Å². The first-order chi connectivity index (χ1) is 11.6. The maximum atomic E-state index is 12.9. The van der Waals surface area contributed by atoms with Gasteiger partial charge in [-0.15, -0.1) is 0 Å². The maximum absolute atomic E-state index is 12.9. The van der Waals surface area contributed by atoms with E-state index in [0.29, 0.717) is 23.5 Å². The Kier molecular flexibility index (Phi) is 3.23. The number of nitrogen functional groups attached to an aromatic ring is 1. The van der Waals surface area contributed by atoms with Crippen LogP contribution < -0.4 is 15.4 Å². The molecule has 2 N–H and O–H groups in total. The molecule has 0 unspecified atom stereocenters. The fourth-order valence-electron chi connectivity index (χ4n) is 2.77. The number of aromatic nitrogens is 2. The number of benzene rings is 1. The van der Waals surface area contributed by atoms with Crippen molar-refractivity contribution in [2.24, 2.45) is 4.99 Å². The van der Waals surface area contributed by atoms with Gasteiger partial charge in [0.1, 0.15) is 24.3 Å². The van der Waals surface area contributed by atoms with E-state index in [0.717, 1.165) is 0 Å². The van der Waals surface area contributed by atoms with Gasteiger partial charge in [-0.3, -0.25) is 14.6 Å². The van der Waals surface area contributed by atoms with Crippen molar-refractivity contribution < 1.29 is 14.3 Å². The summed E-state index contributed by atoms with van der Waals surface area (Å²) in [6.07, 6.45) is 3.10. The summed E-state index contributed by atoms with van der Waals surface area (Å²) >= 11 is 0. The number of ether oxygens (including phenoxy) is 1. The highest BCUT2D eigenvalue weighted by Crippen LogP contribution is 2.32. The summed E-state index contributed by atoms with van der Waals surface area (Å²) in [4.78, 5) is 38.5. The molecule has 0 radical (unpaired) electrons. The first kappa shape index (κ1) is 14.3. The average Bonchev–Trinajstić information content (AvgIpc) is 2.75. The average molecular weight is 323 g/mol. The van der Waals surface area contributed by atoms with Gasteiger partial charge < -0.3 is 15.4 Å². The van der Waals surface area contributed by atoms with Gasteiger partial charge in [0, 0.05) is 23.9 Å². The number of Topliss-reactive ketones (excluding diaryl/α,β-unsaturated/α-hetero) is 1. The first-order valence-corrected chi connectivity index (χ1v) is 7.40. The summed E-state index contributed by atoms with van der Waals surface area (Å²) in [7, 11) is 0. The third-order valence-corrected chi connectivity index (χ3v) is 3.95. The van der Waals surface area contributed by atoms with Crippen molar-refractivity contribution in [3.05, 3.63) is 35.7 Å². The van der Waals surface area contributed by atoms with Crippen LogP contribution in [-0.4, -0.2) is 41.0 Å². The molecular formula is C16H13N5O3. The number of ketones is 1. The van der Waals surface area contributed by atoms with E-state index in [1.807, 2.05) is 0 Å². The van der Waals surface area contributed by atoms with Crippen LogP contribution in [0, 0.1) is 0 Å². The van der Waals surface area contributed by atoms with E-state index >= 15 is 0 Å². The summed E-state index contributed by atoms with van der Waals surface area (Å²) in [5.41, 5.74) is 7.66. The molecule has 3 heterocycles. The topological polar surface area (TPSA) is 111 Å². The lowest BCUT2D eigenvalue weighted by atomic mass is 10.0. The molecule has 1 amide bonds. The number of carbonyl (C=O) groups excluding carboxylic acids is 2. The van der Waals surface area contributed by atoms with Crippen LogP contribution in [0.3, 0.4) is 0 Å². The molecule has 2 aliphatic heterocycles. The Morgan fingerprint density at radius 1 is 1.21 bits per heavy atom. The third kappa shape index (κ3) is 2.19. The summed E-state index contributed by atoms with van der Waals surface area (Å²) in [5.74, 6) is -0.139. The van der Waals surface area contributed by atoms with Crippen molar-refractivity contribution in [2.75, 3.05) is 23.8 Å². The van der Waals surface area contributed by atoms with E-state index < -0.39 is 0 Å². The SMILES string of the molecule is Nc1ncnc2c1C(=O)N(c1ccc3c(c1)C(=O)CC=N3)CCO2. The summed E-state index contributed by atoms with van der Waals surface area (Å²) in [6.45, 7) is 0.573. The molecular weight excluding hydrogens is 310 g/mol. The van der Waals surface area contributed by atoms with Crippen molar-refractivity contribution in [3.63, 3.8) is 0 Å². The van der Waals surface area contributed by atoms with Crippen LogP contribution in [0.5, 0.6) is 5.88 Å². The zero-order valence-electron chi connectivity index (χ0n) is 12.6. The molecule has 8 heteroatoms. The summed E-state index contributed by atoms with van der Waals surface area (Å²) in [6, 6.07) is 5.15. The van der Waals surface area contributed by atoms with Gasteiger partial charge >= 0.3 is 0 Å². The lowest BCUT2D eigenvalue weighted by molar-refractivity contribution is 0.0983. The molecule has 0 spiro atoms. The van der Waals surface area contributed by atoms with Crippen molar-refractivity contribution in [2.45, 2.75) is 6.42 Å². The predicted molar refractivity (Wildman–Crippen MR) is 87.2 cm³/mol. The van der Waals surface area contributed by atoms with E-state index in [4.69, 9.17) is 10.5 Å². The maximum Gasteiger partial charge on any atom is 0.267 e. The smallest absolute Gasteiger partial charge is 0.267 e. The standard InChI is InChI=1S/C16H13N5O3/c17-14-13-15(20-8-19-14)24-6-5-21(16(13)23)9-1-2-11-10(7-9)12(22)3-4-18-11/h1-2,4,7-8H,3,5-6H2,(H2,17,19,20). The lowest BCUT2D eigenvalue weighted by Gasteiger charge is -2.21. The Morgan fingerprint density at radius 3 is 2.96 bits per heavy atom. The molecule has 1 aromatic carbocycles. The minimum Gasteiger partial charge on any atom is -0.475 e. The lowest BCUT2D eigenvalue weighted by Crippen LogP contribution is -2.33. The van der Waals surface area contributed by atoms with Gasteiger partial charge in [0.25, 0.3) is 5.91 Å². The van der Waals surface area contributed by atoms with Gasteiger partial charge in [-0.2, -0.15) is 0 Å². The number of fused-ring (bicyclic) bond motifs is 2. The summed E-state index contributed by atoms with van der Waals surface area (Å²) in [5, 5.41) is 0. The van der Waals surface area contributed by atoms with Crippen LogP contribution in [0.4, 0.5) is 17.2 Å². The first-order valence-electron chi connectivity index (χ1n) is 7.40. The van der Waals surface area contributed by atoms with Gasteiger partial charge in [-0.25, -0.2) is 9.97 Å². The normalized spacial score (nSPS) is 16.2. The van der Waals surface area contributed by atoms with Gasteiger partial charge in [0.15, 0.2) is 5.78 Å². The fourth-order valence-corrected chi connectivity index (χ4v) is 2.77. The predicted octanol–water partition coefficient (Wildman–Crippen LogP) is 1.39. The number of nitrogens with zero attached hydrogens (tertiary/aromatic N) is 4. The molecule has 8 nitrogen and oxygen atoms in total. The molecule has 0 saturated heterocycles. The second kappa shape index (κ2) is 5.41.